The number of para-hydroxylation sites is 1. The fraction of sp³-hybridized carbons (Fsp3) is 0.417. The predicted molar refractivity (Wildman–Crippen MR) is 72.0 cm³/mol. The minimum Gasteiger partial charge on any atom is -0.396 e. The number of hydrogen-bond donors (Lipinski definition) is 3. The van der Waals surface area contributed by atoms with Gasteiger partial charge in [-0.1, -0.05) is 19.1 Å². The van der Waals surface area contributed by atoms with Crippen LogP contribution in [0.15, 0.2) is 28.7 Å². The van der Waals surface area contributed by atoms with E-state index in [1.165, 1.54) is 0 Å². The molecule has 0 saturated heterocycles. The second kappa shape index (κ2) is 6.61. The summed E-state index contributed by atoms with van der Waals surface area (Å²) in [5.74, 6) is 0.0277. The zero-order chi connectivity index (χ0) is 12.8. The molecular formula is C12H17BrN2O2. The molecule has 3 N–H and O–H groups in total. The van der Waals surface area contributed by atoms with Crippen molar-refractivity contribution in [2.45, 2.75) is 19.9 Å². The third kappa shape index (κ3) is 4.36. The van der Waals surface area contributed by atoms with E-state index in [1.54, 1.807) is 0 Å². The summed E-state index contributed by atoms with van der Waals surface area (Å²) in [6.07, 6.45) is 0. The number of anilines is 1. The largest absolute Gasteiger partial charge is 0.396 e. The van der Waals surface area contributed by atoms with E-state index in [-0.39, 0.29) is 24.6 Å². The van der Waals surface area contributed by atoms with Crippen LogP contribution in [0.2, 0.25) is 0 Å². The lowest BCUT2D eigenvalue weighted by Crippen LogP contribution is -2.40. The van der Waals surface area contributed by atoms with E-state index in [1.807, 2.05) is 38.1 Å². The number of halogens is 1. The van der Waals surface area contributed by atoms with Gasteiger partial charge in [0.15, 0.2) is 0 Å². The number of rotatable bonds is 4. The molecule has 2 atom stereocenters. The maximum Gasteiger partial charge on any atom is 0.319 e. The normalized spacial score (nSPS) is 13.9. The Hall–Kier alpha value is -1.07. The van der Waals surface area contributed by atoms with Crippen LogP contribution in [0, 0.1) is 5.92 Å². The fourth-order valence-electron chi connectivity index (χ4n) is 1.23. The molecule has 0 aliphatic carbocycles. The molecule has 2 unspecified atom stereocenters. The minimum absolute atomic E-state index is 0.0277. The topological polar surface area (TPSA) is 61.4 Å². The number of carbonyl (C=O) groups is 1. The summed E-state index contributed by atoms with van der Waals surface area (Å²) in [6, 6.07) is 7.04. The number of carbonyl (C=O) groups excluding carboxylic acids is 1. The van der Waals surface area contributed by atoms with Crippen molar-refractivity contribution in [3.05, 3.63) is 28.7 Å². The Labute approximate surface area is 110 Å². The second-order valence-electron chi connectivity index (χ2n) is 4.03. The van der Waals surface area contributed by atoms with E-state index < -0.39 is 0 Å². The first-order valence-corrected chi connectivity index (χ1v) is 6.26. The summed E-state index contributed by atoms with van der Waals surface area (Å²) in [5, 5.41) is 14.5. The molecule has 0 fully saturated rings. The Kier molecular flexibility index (Phi) is 5.44. The summed E-state index contributed by atoms with van der Waals surface area (Å²) in [6.45, 7) is 3.79. The first kappa shape index (κ1) is 14.0. The molecule has 0 radical (unpaired) electrons. The molecule has 0 aliphatic rings. The molecular weight excluding hydrogens is 284 g/mol. The zero-order valence-electron chi connectivity index (χ0n) is 9.90. The van der Waals surface area contributed by atoms with Crippen LogP contribution >= 0.6 is 15.9 Å². The highest BCUT2D eigenvalue weighted by Crippen LogP contribution is 2.20. The van der Waals surface area contributed by atoms with Crippen molar-refractivity contribution in [2.24, 2.45) is 5.92 Å². The number of aliphatic hydroxyl groups excluding tert-OH is 1. The number of aliphatic hydroxyl groups is 1. The number of amides is 2. The average molecular weight is 301 g/mol. The van der Waals surface area contributed by atoms with Crippen molar-refractivity contribution in [2.75, 3.05) is 11.9 Å². The Bertz CT molecular complexity index is 385. The maximum atomic E-state index is 11.7. The van der Waals surface area contributed by atoms with E-state index >= 15 is 0 Å². The van der Waals surface area contributed by atoms with Gasteiger partial charge in [0, 0.05) is 17.1 Å². The molecule has 2 amide bonds. The van der Waals surface area contributed by atoms with E-state index in [9.17, 15) is 4.79 Å². The van der Waals surface area contributed by atoms with Crippen LogP contribution in [0.25, 0.3) is 0 Å². The summed E-state index contributed by atoms with van der Waals surface area (Å²) in [5.41, 5.74) is 0.717. The van der Waals surface area contributed by atoms with Gasteiger partial charge in [-0.15, -0.1) is 0 Å². The molecule has 5 heteroatoms. The van der Waals surface area contributed by atoms with Crippen molar-refractivity contribution in [3.8, 4) is 0 Å². The molecule has 94 valence electrons. The first-order valence-electron chi connectivity index (χ1n) is 5.47. The molecule has 17 heavy (non-hydrogen) atoms. The molecule has 1 rings (SSSR count). The molecule has 4 nitrogen and oxygen atoms in total. The highest BCUT2D eigenvalue weighted by Gasteiger charge is 2.14. The van der Waals surface area contributed by atoms with Crippen molar-refractivity contribution in [3.63, 3.8) is 0 Å². The second-order valence-corrected chi connectivity index (χ2v) is 4.88. The number of hydrogen-bond acceptors (Lipinski definition) is 2. The molecule has 1 aromatic carbocycles. The lowest BCUT2D eigenvalue weighted by molar-refractivity contribution is 0.204. The summed E-state index contributed by atoms with van der Waals surface area (Å²) < 4.78 is 0.831. The molecule has 0 heterocycles. The van der Waals surface area contributed by atoms with Crippen molar-refractivity contribution in [1.82, 2.24) is 5.32 Å². The minimum atomic E-state index is -0.273. The van der Waals surface area contributed by atoms with Gasteiger partial charge in [0.05, 0.1) is 5.69 Å². The van der Waals surface area contributed by atoms with E-state index in [2.05, 4.69) is 26.6 Å². The van der Waals surface area contributed by atoms with E-state index in [4.69, 9.17) is 5.11 Å². The Morgan fingerprint density at radius 3 is 2.65 bits per heavy atom. The third-order valence-corrected chi connectivity index (χ3v) is 3.31. The predicted octanol–water partition coefficient (Wildman–Crippen LogP) is 2.59. The van der Waals surface area contributed by atoms with Crippen molar-refractivity contribution >= 4 is 27.6 Å². The first-order chi connectivity index (χ1) is 8.04. The quantitative estimate of drug-likeness (QED) is 0.800. The Balaban J connectivity index is 2.53. The number of benzene rings is 1. The van der Waals surface area contributed by atoms with Gasteiger partial charge >= 0.3 is 6.03 Å². The van der Waals surface area contributed by atoms with Crippen LogP contribution in [-0.2, 0) is 0 Å². The number of urea groups is 1. The fourth-order valence-corrected chi connectivity index (χ4v) is 1.61. The van der Waals surface area contributed by atoms with Gasteiger partial charge in [-0.2, -0.15) is 0 Å². The van der Waals surface area contributed by atoms with E-state index in [0.717, 1.165) is 4.47 Å². The van der Waals surface area contributed by atoms with Gasteiger partial charge in [0.2, 0.25) is 0 Å². The molecule has 0 aliphatic heterocycles. The standard InChI is InChI=1S/C12H17BrN2O2/c1-8(7-16)9(2)14-12(17)15-11-6-4-3-5-10(11)13/h3-6,8-9,16H,7H2,1-2H3,(H2,14,15,17). The van der Waals surface area contributed by atoms with Gasteiger partial charge in [0.25, 0.3) is 0 Å². The van der Waals surface area contributed by atoms with Gasteiger partial charge in [0.1, 0.15) is 0 Å². The summed E-state index contributed by atoms with van der Waals surface area (Å²) in [7, 11) is 0. The van der Waals surface area contributed by atoms with Gasteiger partial charge < -0.3 is 15.7 Å². The highest BCUT2D eigenvalue weighted by molar-refractivity contribution is 9.10. The monoisotopic (exact) mass is 300 g/mol. The van der Waals surface area contributed by atoms with Gasteiger partial charge in [-0.25, -0.2) is 4.79 Å². The molecule has 0 saturated carbocycles. The third-order valence-electron chi connectivity index (χ3n) is 2.62. The summed E-state index contributed by atoms with van der Waals surface area (Å²) >= 11 is 3.35. The van der Waals surface area contributed by atoms with Gasteiger partial charge in [-0.05, 0) is 40.9 Å². The van der Waals surface area contributed by atoms with Crippen LogP contribution in [-0.4, -0.2) is 23.8 Å². The molecule has 0 aromatic heterocycles. The Morgan fingerprint density at radius 2 is 2.06 bits per heavy atom. The van der Waals surface area contributed by atoms with E-state index in [0.29, 0.717) is 5.69 Å². The van der Waals surface area contributed by atoms with Crippen LogP contribution in [0.3, 0.4) is 0 Å². The maximum absolute atomic E-state index is 11.7. The number of nitrogens with one attached hydrogen (secondary N) is 2. The average Bonchev–Trinajstić information content (AvgIpc) is 2.31. The summed E-state index contributed by atoms with van der Waals surface area (Å²) in [4.78, 5) is 11.7. The SMILES string of the molecule is CC(CO)C(C)NC(=O)Nc1ccccc1Br. The van der Waals surface area contributed by atoms with Crippen molar-refractivity contribution in [1.29, 1.82) is 0 Å². The Morgan fingerprint density at radius 1 is 1.41 bits per heavy atom. The van der Waals surface area contributed by atoms with Crippen LogP contribution in [0.5, 0.6) is 0 Å². The zero-order valence-corrected chi connectivity index (χ0v) is 11.5. The highest BCUT2D eigenvalue weighted by atomic mass is 79.9. The lowest BCUT2D eigenvalue weighted by Gasteiger charge is -2.19. The van der Waals surface area contributed by atoms with Crippen LogP contribution in [0.4, 0.5) is 10.5 Å². The van der Waals surface area contributed by atoms with Crippen LogP contribution < -0.4 is 10.6 Å². The molecule has 0 bridgehead atoms. The molecule has 1 aromatic rings. The van der Waals surface area contributed by atoms with Crippen molar-refractivity contribution < 1.29 is 9.90 Å². The molecule has 0 spiro atoms. The lowest BCUT2D eigenvalue weighted by atomic mass is 10.1. The van der Waals surface area contributed by atoms with Crippen LogP contribution in [0.1, 0.15) is 13.8 Å². The smallest absolute Gasteiger partial charge is 0.319 e. The van der Waals surface area contributed by atoms with Gasteiger partial charge in [-0.3, -0.25) is 0 Å².